The molecule has 2 N–H and O–H groups in total. The molecule has 0 amide bonds. The van der Waals surface area contributed by atoms with Crippen molar-refractivity contribution in [3.8, 4) is 0 Å². The third kappa shape index (κ3) is 4.87. The predicted molar refractivity (Wildman–Crippen MR) is 114 cm³/mol. The molecular weight excluding hydrogens is 366 g/mol. The largest absolute Gasteiger partial charge is 0.377 e. The number of nitrogens with one attached hydrogen (secondary N) is 2. The second kappa shape index (κ2) is 9.26. The van der Waals surface area contributed by atoms with Crippen LogP contribution in [0.2, 0.25) is 0 Å². The van der Waals surface area contributed by atoms with E-state index in [9.17, 15) is 0 Å². The standard InChI is InChI=1S/C21H31N7O/c1-22-21(23-12-16-10-11-27(13-16)18-6-4-3-5-7-18)24-17-8-9-20-25-19(15-29-2)26-28(20)14-17/h3-7,16-17H,8-15H2,1-2H3,(H2,22,23,24). The quantitative estimate of drug-likeness (QED) is 0.567. The number of para-hydroxylation sites is 1. The lowest BCUT2D eigenvalue weighted by atomic mass is 10.1. The van der Waals surface area contributed by atoms with E-state index in [1.54, 1.807) is 7.11 Å². The molecule has 3 heterocycles. The number of nitrogens with zero attached hydrogens (tertiary/aromatic N) is 5. The Kier molecular flexibility index (Phi) is 6.29. The molecule has 0 spiro atoms. The zero-order valence-corrected chi connectivity index (χ0v) is 17.3. The number of fused-ring (bicyclic) bond motifs is 1. The van der Waals surface area contributed by atoms with Gasteiger partial charge in [-0.2, -0.15) is 5.10 Å². The van der Waals surface area contributed by atoms with Crippen LogP contribution in [0.25, 0.3) is 0 Å². The minimum atomic E-state index is 0.301. The summed E-state index contributed by atoms with van der Waals surface area (Å²) in [7, 11) is 3.50. The molecule has 4 rings (SSSR count). The van der Waals surface area contributed by atoms with Gasteiger partial charge in [-0.1, -0.05) is 18.2 Å². The van der Waals surface area contributed by atoms with Gasteiger partial charge in [0.25, 0.3) is 0 Å². The molecule has 1 aromatic heterocycles. The SMILES string of the molecule is CN=C(NCC1CCN(c2ccccc2)C1)NC1CCc2nc(COC)nn2C1. The fourth-order valence-corrected chi connectivity index (χ4v) is 4.17. The summed E-state index contributed by atoms with van der Waals surface area (Å²) in [4.78, 5) is 11.4. The summed E-state index contributed by atoms with van der Waals surface area (Å²) in [6.07, 6.45) is 3.14. The third-order valence-electron chi connectivity index (χ3n) is 5.71. The summed E-state index contributed by atoms with van der Waals surface area (Å²) in [5.74, 6) is 3.30. The molecule has 2 aliphatic rings. The van der Waals surface area contributed by atoms with E-state index >= 15 is 0 Å². The molecule has 156 valence electrons. The molecule has 2 aliphatic heterocycles. The number of hydrogen-bond donors (Lipinski definition) is 2. The lowest BCUT2D eigenvalue weighted by Gasteiger charge is -2.26. The Bertz CT molecular complexity index is 820. The molecule has 29 heavy (non-hydrogen) atoms. The van der Waals surface area contributed by atoms with Crippen molar-refractivity contribution in [2.75, 3.05) is 38.7 Å². The van der Waals surface area contributed by atoms with E-state index in [-0.39, 0.29) is 0 Å². The molecule has 0 saturated carbocycles. The van der Waals surface area contributed by atoms with E-state index in [0.29, 0.717) is 18.6 Å². The van der Waals surface area contributed by atoms with Crippen molar-refractivity contribution >= 4 is 11.6 Å². The van der Waals surface area contributed by atoms with Crippen molar-refractivity contribution in [2.45, 2.75) is 38.5 Å². The molecule has 0 bridgehead atoms. The van der Waals surface area contributed by atoms with Gasteiger partial charge in [-0.15, -0.1) is 0 Å². The van der Waals surface area contributed by atoms with Crippen LogP contribution in [0.3, 0.4) is 0 Å². The van der Waals surface area contributed by atoms with Crippen molar-refractivity contribution in [1.29, 1.82) is 0 Å². The first-order chi connectivity index (χ1) is 14.2. The maximum absolute atomic E-state index is 5.14. The molecule has 2 aromatic rings. The van der Waals surface area contributed by atoms with Crippen LogP contribution >= 0.6 is 0 Å². The first kappa shape index (κ1) is 19.7. The van der Waals surface area contributed by atoms with Gasteiger partial charge in [-0.25, -0.2) is 9.67 Å². The fourth-order valence-electron chi connectivity index (χ4n) is 4.17. The molecule has 1 saturated heterocycles. The average Bonchev–Trinajstić information content (AvgIpc) is 3.38. The monoisotopic (exact) mass is 397 g/mol. The zero-order chi connectivity index (χ0) is 20.1. The number of guanidine groups is 1. The van der Waals surface area contributed by atoms with Gasteiger partial charge in [-0.05, 0) is 30.9 Å². The molecule has 8 heteroatoms. The van der Waals surface area contributed by atoms with Gasteiger partial charge in [0.2, 0.25) is 0 Å². The van der Waals surface area contributed by atoms with Crippen LogP contribution in [0.1, 0.15) is 24.5 Å². The topological polar surface area (TPSA) is 79.6 Å². The van der Waals surface area contributed by atoms with Crippen LogP contribution < -0.4 is 15.5 Å². The summed E-state index contributed by atoms with van der Waals surface area (Å²) in [6, 6.07) is 11.0. The smallest absolute Gasteiger partial charge is 0.191 e. The van der Waals surface area contributed by atoms with E-state index in [0.717, 1.165) is 56.6 Å². The van der Waals surface area contributed by atoms with E-state index in [1.807, 2.05) is 11.7 Å². The van der Waals surface area contributed by atoms with Crippen LogP contribution in [-0.2, 0) is 24.3 Å². The second-order valence-electron chi connectivity index (χ2n) is 7.83. The minimum Gasteiger partial charge on any atom is -0.377 e. The Labute approximate surface area is 172 Å². The molecule has 8 nitrogen and oxygen atoms in total. The molecule has 0 aliphatic carbocycles. The molecule has 2 unspecified atom stereocenters. The highest BCUT2D eigenvalue weighted by molar-refractivity contribution is 5.80. The number of aryl methyl sites for hydroxylation is 1. The average molecular weight is 398 g/mol. The van der Waals surface area contributed by atoms with E-state index in [2.05, 4.69) is 60.9 Å². The number of methoxy groups -OCH3 is 1. The second-order valence-corrected chi connectivity index (χ2v) is 7.83. The highest BCUT2D eigenvalue weighted by Crippen LogP contribution is 2.23. The van der Waals surface area contributed by atoms with Crippen LogP contribution in [0.15, 0.2) is 35.3 Å². The number of hydrogen-bond acceptors (Lipinski definition) is 5. The number of ether oxygens (including phenoxy) is 1. The number of benzene rings is 1. The predicted octanol–water partition coefficient (Wildman–Crippen LogP) is 1.43. The van der Waals surface area contributed by atoms with Crippen LogP contribution in [0.5, 0.6) is 0 Å². The number of anilines is 1. The summed E-state index contributed by atoms with van der Waals surface area (Å²) in [5, 5.41) is 11.6. The Hall–Kier alpha value is -2.61. The van der Waals surface area contributed by atoms with Gasteiger partial charge < -0.3 is 20.3 Å². The normalized spacial score (nSPS) is 21.9. The summed E-state index contributed by atoms with van der Waals surface area (Å²) >= 11 is 0. The molecular formula is C21H31N7O. The van der Waals surface area contributed by atoms with Crippen LogP contribution in [0, 0.1) is 5.92 Å². The van der Waals surface area contributed by atoms with Crippen molar-refractivity contribution in [3.05, 3.63) is 42.0 Å². The first-order valence-electron chi connectivity index (χ1n) is 10.4. The number of aromatic nitrogens is 3. The Morgan fingerprint density at radius 3 is 2.90 bits per heavy atom. The van der Waals surface area contributed by atoms with Crippen molar-refractivity contribution < 1.29 is 4.74 Å². The van der Waals surface area contributed by atoms with Crippen molar-refractivity contribution in [3.63, 3.8) is 0 Å². The maximum atomic E-state index is 5.14. The van der Waals surface area contributed by atoms with E-state index < -0.39 is 0 Å². The molecule has 2 atom stereocenters. The Balaban J connectivity index is 1.25. The van der Waals surface area contributed by atoms with E-state index in [4.69, 9.17) is 4.74 Å². The van der Waals surface area contributed by atoms with Gasteiger partial charge in [-0.3, -0.25) is 4.99 Å². The van der Waals surface area contributed by atoms with Gasteiger partial charge in [0.05, 0.1) is 6.54 Å². The van der Waals surface area contributed by atoms with E-state index in [1.165, 1.54) is 12.1 Å². The highest BCUT2D eigenvalue weighted by Gasteiger charge is 2.25. The maximum Gasteiger partial charge on any atom is 0.191 e. The fraction of sp³-hybridized carbons (Fsp3) is 0.571. The Morgan fingerprint density at radius 1 is 1.24 bits per heavy atom. The minimum absolute atomic E-state index is 0.301. The lowest BCUT2D eigenvalue weighted by Crippen LogP contribution is -2.48. The summed E-state index contributed by atoms with van der Waals surface area (Å²) in [5.41, 5.74) is 1.32. The van der Waals surface area contributed by atoms with Crippen molar-refractivity contribution in [1.82, 2.24) is 25.4 Å². The lowest BCUT2D eigenvalue weighted by molar-refractivity contribution is 0.177. The molecule has 1 fully saturated rings. The van der Waals surface area contributed by atoms with Crippen LogP contribution in [-0.4, -0.2) is 60.6 Å². The molecule has 0 radical (unpaired) electrons. The number of aliphatic imine (C=N–C) groups is 1. The van der Waals surface area contributed by atoms with Crippen molar-refractivity contribution in [2.24, 2.45) is 10.9 Å². The van der Waals surface area contributed by atoms with Gasteiger partial charge in [0.15, 0.2) is 11.8 Å². The number of rotatable bonds is 6. The highest BCUT2D eigenvalue weighted by atomic mass is 16.5. The Morgan fingerprint density at radius 2 is 2.10 bits per heavy atom. The zero-order valence-electron chi connectivity index (χ0n) is 17.3. The van der Waals surface area contributed by atoms with Crippen LogP contribution in [0.4, 0.5) is 5.69 Å². The third-order valence-corrected chi connectivity index (χ3v) is 5.71. The van der Waals surface area contributed by atoms with Gasteiger partial charge in [0, 0.05) is 51.9 Å². The molecule has 1 aromatic carbocycles. The van der Waals surface area contributed by atoms with Gasteiger partial charge >= 0.3 is 0 Å². The first-order valence-corrected chi connectivity index (χ1v) is 10.4. The summed E-state index contributed by atoms with van der Waals surface area (Å²) < 4.78 is 7.14. The summed E-state index contributed by atoms with van der Waals surface area (Å²) in [6.45, 7) is 4.40. The van der Waals surface area contributed by atoms with Gasteiger partial charge in [0.1, 0.15) is 12.4 Å².